The number of pyridine rings is 1. The maximum atomic E-state index is 4.84. The number of fused-ring (bicyclic) bond motifs is 1. The smallest absolute Gasteiger partial charge is 0.154 e. The Morgan fingerprint density at radius 2 is 1.54 bits per heavy atom. The fourth-order valence-electron chi connectivity index (χ4n) is 5.20. The minimum atomic E-state index is 0.345. The monoisotopic (exact) mass is 769 g/mol. The molecule has 2 aliphatic rings. The summed E-state index contributed by atoms with van der Waals surface area (Å²) in [7, 11) is 3.75. The predicted octanol–water partition coefficient (Wildman–Crippen LogP) is 13.6. The van der Waals surface area contributed by atoms with Gasteiger partial charge in [-0.25, -0.2) is 9.67 Å². The number of nitrogens with one attached hydrogen (secondary N) is 3. The molecule has 1 unspecified atom stereocenters. The van der Waals surface area contributed by atoms with Crippen molar-refractivity contribution in [3.05, 3.63) is 129 Å². The van der Waals surface area contributed by atoms with Gasteiger partial charge in [0.15, 0.2) is 5.82 Å². The molecule has 6 heteroatoms. The van der Waals surface area contributed by atoms with Crippen LogP contribution in [0.2, 0.25) is 0 Å². The molecule has 0 bridgehead atoms. The number of rotatable bonds is 15. The van der Waals surface area contributed by atoms with E-state index in [0.29, 0.717) is 23.4 Å². The van der Waals surface area contributed by atoms with E-state index < -0.39 is 0 Å². The molecule has 0 radical (unpaired) electrons. The number of allylic oxidation sites excluding steroid dienone is 3. The number of aryl methyl sites for hydroxylation is 3. The van der Waals surface area contributed by atoms with Gasteiger partial charge >= 0.3 is 0 Å². The largest absolute Gasteiger partial charge is 0.384 e. The third kappa shape index (κ3) is 22.4. The second-order valence-corrected chi connectivity index (χ2v) is 15.2. The lowest BCUT2D eigenvalue weighted by Gasteiger charge is -2.22. The second-order valence-electron chi connectivity index (χ2n) is 15.2. The highest BCUT2D eigenvalue weighted by Gasteiger charge is 2.33. The van der Waals surface area contributed by atoms with E-state index in [2.05, 4.69) is 153 Å². The molecule has 3 aromatic rings. The minimum absolute atomic E-state index is 0.345. The molecule has 5 rings (SSSR count). The molecule has 0 spiro atoms. The first-order chi connectivity index (χ1) is 26.7. The Hall–Kier alpha value is -4.16. The maximum Gasteiger partial charge on any atom is 0.154 e. The van der Waals surface area contributed by atoms with Crippen LogP contribution in [0.15, 0.2) is 107 Å². The summed E-state index contributed by atoms with van der Waals surface area (Å²) in [6.45, 7) is 46.7. The van der Waals surface area contributed by atoms with Crippen LogP contribution >= 0.6 is 0 Å². The fraction of sp³-hybridized carbons (Fsp3) is 0.520. The Labute approximate surface area is 345 Å². The molecule has 2 saturated carbocycles. The van der Waals surface area contributed by atoms with Gasteiger partial charge in [0, 0.05) is 29.0 Å². The molecule has 2 aromatic heterocycles. The van der Waals surface area contributed by atoms with Crippen molar-refractivity contribution in [2.45, 2.75) is 151 Å². The Bertz CT molecular complexity index is 1540. The Kier molecular flexibility index (Phi) is 29.8. The van der Waals surface area contributed by atoms with Crippen molar-refractivity contribution in [3.63, 3.8) is 0 Å². The van der Waals surface area contributed by atoms with Gasteiger partial charge in [0.1, 0.15) is 0 Å². The zero-order chi connectivity index (χ0) is 43.3. The van der Waals surface area contributed by atoms with Gasteiger partial charge in [0.2, 0.25) is 0 Å². The molecular weight excluding hydrogens is 685 g/mol. The zero-order valence-corrected chi connectivity index (χ0v) is 38.1. The molecule has 1 atom stereocenters. The van der Waals surface area contributed by atoms with Crippen LogP contribution in [-0.4, -0.2) is 40.9 Å². The second kappa shape index (κ2) is 31.0. The average Bonchev–Trinajstić information content (AvgIpc) is 4.10. The van der Waals surface area contributed by atoms with Gasteiger partial charge in [0.25, 0.3) is 0 Å². The van der Waals surface area contributed by atoms with Crippen molar-refractivity contribution in [3.8, 4) is 5.82 Å². The molecule has 314 valence electrons. The van der Waals surface area contributed by atoms with Crippen molar-refractivity contribution in [2.75, 3.05) is 14.1 Å². The summed E-state index contributed by atoms with van der Waals surface area (Å²) in [6, 6.07) is 9.53. The van der Waals surface area contributed by atoms with Crippen LogP contribution in [-0.2, 0) is 0 Å². The standard InChI is InChI=1S/C18H21N3.C12H22N2.C8H16.C6H10.C2H7N.2C2H4/c1-11(2)16-8-9-21(20-16)17-10-13(4)15-7-6-12(3)14(5)18(15)19-17;1-5-6-12(13-9(2)3)10(4)14-11-7-8-11;1-3-5-7-8-6-4-2;1-3-6(2)4-5-6;1-3-2;2*1-2/h6-11H,1-5H3;11-14H,2,4-8H2,1,3H3;3H,1,4-8H2,2H3;3H,1,4-5H2,2H3;3H,1-2H3;2*1-2H2. The van der Waals surface area contributed by atoms with Crippen molar-refractivity contribution in [1.82, 2.24) is 30.7 Å². The Morgan fingerprint density at radius 1 is 0.929 bits per heavy atom. The normalized spacial score (nSPS) is 13.2. The zero-order valence-electron chi connectivity index (χ0n) is 38.1. The molecule has 2 aliphatic carbocycles. The highest BCUT2D eigenvalue weighted by molar-refractivity contribution is 5.86. The third-order valence-corrected chi connectivity index (χ3v) is 9.31. The lowest BCUT2D eigenvalue weighted by molar-refractivity contribution is 0.544. The summed E-state index contributed by atoms with van der Waals surface area (Å²) in [5.74, 6) is 1.32. The first-order valence-corrected chi connectivity index (χ1v) is 20.8. The van der Waals surface area contributed by atoms with Crippen LogP contribution in [0.25, 0.3) is 16.7 Å². The lowest BCUT2D eigenvalue weighted by Crippen LogP contribution is -2.35. The van der Waals surface area contributed by atoms with Crippen molar-refractivity contribution in [1.29, 1.82) is 0 Å². The van der Waals surface area contributed by atoms with E-state index in [4.69, 9.17) is 4.98 Å². The average molecular weight is 769 g/mol. The van der Waals surface area contributed by atoms with Crippen LogP contribution in [0.4, 0.5) is 0 Å². The number of nitrogens with zero attached hydrogens (tertiary/aromatic N) is 3. The summed E-state index contributed by atoms with van der Waals surface area (Å²) in [5.41, 5.74) is 8.62. The van der Waals surface area contributed by atoms with E-state index in [0.717, 1.165) is 41.3 Å². The van der Waals surface area contributed by atoms with Gasteiger partial charge in [-0.3, -0.25) is 0 Å². The van der Waals surface area contributed by atoms with Crippen LogP contribution in [0.1, 0.15) is 140 Å². The molecule has 0 saturated heterocycles. The number of benzene rings is 1. The van der Waals surface area contributed by atoms with Crippen LogP contribution in [0.3, 0.4) is 0 Å². The van der Waals surface area contributed by atoms with E-state index >= 15 is 0 Å². The Morgan fingerprint density at radius 3 is 1.96 bits per heavy atom. The highest BCUT2D eigenvalue weighted by atomic mass is 15.3. The summed E-state index contributed by atoms with van der Waals surface area (Å²) < 4.78 is 1.88. The van der Waals surface area contributed by atoms with Gasteiger partial charge < -0.3 is 16.0 Å². The van der Waals surface area contributed by atoms with Gasteiger partial charge in [0.05, 0.1) is 17.3 Å². The molecule has 0 aliphatic heterocycles. The summed E-state index contributed by atoms with van der Waals surface area (Å²) in [4.78, 5) is 4.84. The van der Waals surface area contributed by atoms with Crippen molar-refractivity contribution in [2.24, 2.45) is 5.41 Å². The summed E-state index contributed by atoms with van der Waals surface area (Å²) in [5, 5.41) is 15.4. The molecular formula is C50H84N6. The summed E-state index contributed by atoms with van der Waals surface area (Å²) >= 11 is 0. The molecule has 6 nitrogen and oxygen atoms in total. The van der Waals surface area contributed by atoms with E-state index in [-0.39, 0.29) is 0 Å². The topological polar surface area (TPSA) is 66.8 Å². The first-order valence-electron chi connectivity index (χ1n) is 20.8. The molecule has 3 N–H and O–H groups in total. The maximum absolute atomic E-state index is 4.84. The minimum Gasteiger partial charge on any atom is -0.384 e. The van der Waals surface area contributed by atoms with E-state index in [1.807, 2.05) is 44.0 Å². The molecule has 1 aromatic carbocycles. The molecule has 56 heavy (non-hydrogen) atoms. The quantitative estimate of drug-likeness (QED) is 0.106. The van der Waals surface area contributed by atoms with Crippen molar-refractivity contribution < 1.29 is 0 Å². The van der Waals surface area contributed by atoms with Gasteiger partial charge in [-0.05, 0) is 127 Å². The van der Waals surface area contributed by atoms with E-state index in [9.17, 15) is 0 Å². The van der Waals surface area contributed by atoms with Crippen LogP contribution in [0.5, 0.6) is 0 Å². The van der Waals surface area contributed by atoms with E-state index in [1.165, 1.54) is 79.9 Å². The number of hydrogen-bond acceptors (Lipinski definition) is 5. The number of aromatic nitrogens is 3. The summed E-state index contributed by atoms with van der Waals surface area (Å²) in [6.07, 6.45) is 20.2. The highest BCUT2D eigenvalue weighted by Crippen LogP contribution is 2.45. The van der Waals surface area contributed by atoms with E-state index in [1.54, 1.807) is 0 Å². The predicted molar refractivity (Wildman–Crippen MR) is 253 cm³/mol. The van der Waals surface area contributed by atoms with Gasteiger partial charge in [-0.2, -0.15) is 5.10 Å². The molecule has 2 heterocycles. The molecule has 0 amide bonds. The van der Waals surface area contributed by atoms with Crippen molar-refractivity contribution >= 4 is 10.9 Å². The first kappa shape index (κ1) is 53.9. The fourth-order valence-corrected chi connectivity index (χ4v) is 5.20. The third-order valence-electron chi connectivity index (χ3n) is 9.31. The van der Waals surface area contributed by atoms with Crippen LogP contribution in [0, 0.1) is 26.2 Å². The number of unbranched alkanes of at least 4 members (excludes halogenated alkanes) is 4. The lowest BCUT2D eigenvalue weighted by atomic mass is 10.0. The van der Waals surface area contributed by atoms with Gasteiger partial charge in [-0.15, -0.1) is 39.5 Å². The van der Waals surface area contributed by atoms with Gasteiger partial charge in [-0.1, -0.05) is 97.7 Å². The molecule has 2 fully saturated rings. The van der Waals surface area contributed by atoms with Crippen LogP contribution < -0.4 is 16.0 Å². The number of hydrogen-bond donors (Lipinski definition) is 3. The Balaban J connectivity index is 0. The SMILES string of the molecule is C=C.C=C.C=C(C)NC(CCC)C(=C)NC1CC1.C=CC1(C)CC1.C=CCCCCCC.CNC.Cc1ccc2c(C)cc(-n3ccc(C(C)C)n3)nc2c1C.